The van der Waals surface area contributed by atoms with E-state index in [0.717, 1.165) is 37.2 Å². The summed E-state index contributed by atoms with van der Waals surface area (Å²) in [5.41, 5.74) is 0. The van der Waals surface area contributed by atoms with Crippen molar-refractivity contribution >= 4 is 13.8 Å². The number of carboxylic acids is 1. The van der Waals surface area contributed by atoms with Gasteiger partial charge in [0.25, 0.3) is 0 Å². The van der Waals surface area contributed by atoms with Crippen molar-refractivity contribution in [3.63, 3.8) is 0 Å². The average molecular weight is 477 g/mol. The Morgan fingerprint density at radius 3 is 2.19 bits per heavy atom. The number of quaternary nitrogens is 1. The number of carboxylic acid groups (broad SMARTS) is 1. The van der Waals surface area contributed by atoms with Crippen molar-refractivity contribution in [3.05, 3.63) is 24.3 Å². The van der Waals surface area contributed by atoms with E-state index < -0.39 is 19.9 Å². The van der Waals surface area contributed by atoms with Gasteiger partial charge in [0.1, 0.15) is 24.1 Å². The van der Waals surface area contributed by atoms with E-state index in [1.807, 2.05) is 45.4 Å². The van der Waals surface area contributed by atoms with Crippen LogP contribution in [0.3, 0.4) is 0 Å². The highest BCUT2D eigenvalue weighted by molar-refractivity contribution is 7.47. The molecule has 0 fully saturated rings. The number of hydrogen-bond acceptors (Lipinski definition) is 6. The molecule has 10 heteroatoms. The highest BCUT2D eigenvalue weighted by atomic mass is 31.2. The third kappa shape index (κ3) is 14.4. The minimum Gasteiger partial charge on any atom is -0.493 e. The molecule has 184 valence electrons. The molecule has 1 unspecified atom stereocenters. The van der Waals surface area contributed by atoms with Gasteiger partial charge in [-0.1, -0.05) is 19.4 Å². The molecule has 1 rings (SSSR count). The largest absolute Gasteiger partial charge is 0.493 e. The fraction of sp³-hybridized carbons (Fsp3) is 0.682. The van der Waals surface area contributed by atoms with Gasteiger partial charge in [-0.15, -0.1) is 0 Å². The quantitative estimate of drug-likeness (QED) is 0.185. The number of phosphoric ester groups is 1. The number of hydrogen-bond donors (Lipinski definition) is 2. The van der Waals surface area contributed by atoms with Crippen molar-refractivity contribution in [1.82, 2.24) is 0 Å². The van der Waals surface area contributed by atoms with Crippen LogP contribution in [0.2, 0.25) is 0 Å². The predicted octanol–water partition coefficient (Wildman–Crippen LogP) is 4.10. The van der Waals surface area contributed by atoms with Gasteiger partial charge in [0.15, 0.2) is 0 Å². The van der Waals surface area contributed by atoms with E-state index in [9.17, 15) is 14.3 Å². The Hall–Kier alpha value is -1.64. The number of ether oxygens (including phenoxy) is 2. The van der Waals surface area contributed by atoms with Crippen molar-refractivity contribution in [2.75, 3.05) is 47.5 Å². The number of phosphoric acid groups is 1. The minimum atomic E-state index is -4.33. The van der Waals surface area contributed by atoms with E-state index in [1.54, 1.807) is 0 Å². The monoisotopic (exact) mass is 476 g/mol. The molecule has 9 nitrogen and oxygen atoms in total. The van der Waals surface area contributed by atoms with Gasteiger partial charge in [-0.2, -0.15) is 0 Å². The first-order valence-electron chi connectivity index (χ1n) is 11.0. The van der Waals surface area contributed by atoms with Gasteiger partial charge in [-0.3, -0.25) is 13.8 Å². The van der Waals surface area contributed by atoms with E-state index >= 15 is 0 Å². The van der Waals surface area contributed by atoms with Crippen LogP contribution in [0.1, 0.15) is 45.4 Å². The van der Waals surface area contributed by atoms with Gasteiger partial charge >= 0.3 is 13.8 Å². The zero-order valence-electron chi connectivity index (χ0n) is 19.7. The van der Waals surface area contributed by atoms with Crippen molar-refractivity contribution in [2.24, 2.45) is 0 Å². The summed E-state index contributed by atoms with van der Waals surface area (Å²) in [7, 11) is 1.21. The molecule has 0 heterocycles. The van der Waals surface area contributed by atoms with Crippen LogP contribution < -0.4 is 9.47 Å². The maximum absolute atomic E-state index is 12.2. The highest BCUT2D eigenvalue weighted by Crippen LogP contribution is 2.45. The van der Waals surface area contributed by atoms with Crippen molar-refractivity contribution < 1.29 is 42.4 Å². The topological polar surface area (TPSA) is 112 Å². The number of rotatable bonds is 18. The van der Waals surface area contributed by atoms with E-state index in [-0.39, 0.29) is 19.6 Å². The molecule has 0 aliphatic heterocycles. The molecule has 0 radical (unpaired) electrons. The van der Waals surface area contributed by atoms with Crippen LogP contribution >= 0.6 is 7.82 Å². The Bertz CT molecular complexity index is 722. The zero-order valence-corrected chi connectivity index (χ0v) is 20.6. The van der Waals surface area contributed by atoms with Crippen molar-refractivity contribution in [3.8, 4) is 11.5 Å². The lowest BCUT2D eigenvalue weighted by molar-refractivity contribution is -0.873. The fourth-order valence-corrected chi connectivity index (χ4v) is 3.84. The first kappa shape index (κ1) is 28.4. The Morgan fingerprint density at radius 1 is 1.03 bits per heavy atom. The van der Waals surface area contributed by atoms with Crippen LogP contribution in [0.5, 0.6) is 11.5 Å². The predicted molar refractivity (Wildman–Crippen MR) is 122 cm³/mol. The van der Waals surface area contributed by atoms with Crippen LogP contribution in [0.25, 0.3) is 0 Å². The van der Waals surface area contributed by atoms with Crippen molar-refractivity contribution in [2.45, 2.75) is 51.6 Å². The SMILES string of the molecule is CCCCOc1cccc(OCCCCCOP(=O)(O)O[C@H](CC(=O)O)C[N+](C)(C)C)c1. The molecule has 1 aromatic carbocycles. The summed E-state index contributed by atoms with van der Waals surface area (Å²) in [6, 6.07) is 7.52. The van der Waals surface area contributed by atoms with Crippen LogP contribution in [0, 0.1) is 0 Å². The molecule has 0 aromatic heterocycles. The molecule has 0 amide bonds. The summed E-state index contributed by atoms with van der Waals surface area (Å²) in [6.07, 6.45) is 2.85. The van der Waals surface area contributed by atoms with Crippen LogP contribution in [-0.4, -0.2) is 74.1 Å². The number of carbonyl (C=O) groups is 1. The second-order valence-corrected chi connectivity index (χ2v) is 10.1. The third-order valence-corrected chi connectivity index (χ3v) is 5.39. The molecule has 0 saturated heterocycles. The summed E-state index contributed by atoms with van der Waals surface area (Å²) < 4.78 is 34.1. The Labute approximate surface area is 191 Å². The maximum Gasteiger partial charge on any atom is 0.472 e. The van der Waals surface area contributed by atoms with E-state index in [1.165, 1.54) is 0 Å². The fourth-order valence-electron chi connectivity index (χ4n) is 2.90. The van der Waals surface area contributed by atoms with Gasteiger partial charge in [0.05, 0.1) is 47.4 Å². The average Bonchev–Trinajstić information content (AvgIpc) is 2.65. The van der Waals surface area contributed by atoms with Crippen LogP contribution in [0.15, 0.2) is 24.3 Å². The second-order valence-electron chi connectivity index (χ2n) is 8.69. The maximum atomic E-state index is 12.2. The summed E-state index contributed by atoms with van der Waals surface area (Å²) in [5, 5.41) is 9.00. The summed E-state index contributed by atoms with van der Waals surface area (Å²) in [6.45, 7) is 3.62. The minimum absolute atomic E-state index is 0.0404. The zero-order chi connectivity index (χ0) is 24.0. The van der Waals surface area contributed by atoms with E-state index in [2.05, 4.69) is 6.92 Å². The van der Waals surface area contributed by atoms with Gasteiger partial charge in [0, 0.05) is 6.07 Å². The number of unbranched alkanes of at least 4 members (excludes halogenated alkanes) is 3. The normalized spacial score (nSPS) is 14.5. The molecule has 0 saturated carbocycles. The number of likely N-dealkylation sites (N-methyl/N-ethyl adjacent to an activating group) is 1. The first-order valence-corrected chi connectivity index (χ1v) is 12.5. The molecule has 0 aliphatic carbocycles. The second kappa shape index (κ2) is 14.5. The van der Waals surface area contributed by atoms with Gasteiger partial charge in [0.2, 0.25) is 0 Å². The molecule has 0 spiro atoms. The number of benzene rings is 1. The van der Waals surface area contributed by atoms with Gasteiger partial charge in [-0.05, 0) is 37.8 Å². The highest BCUT2D eigenvalue weighted by Gasteiger charge is 2.31. The molecule has 0 bridgehead atoms. The molecule has 2 atom stereocenters. The van der Waals surface area contributed by atoms with Crippen molar-refractivity contribution in [1.29, 1.82) is 0 Å². The van der Waals surface area contributed by atoms with E-state index in [0.29, 0.717) is 24.1 Å². The van der Waals surface area contributed by atoms with Crippen LogP contribution in [-0.2, 0) is 18.4 Å². The standard InChI is InChI=1S/C22H38NO8P/c1-5-6-13-28-19-11-10-12-20(16-19)29-14-8-7-9-15-30-32(26,27)31-21(17-22(24)25)18-23(2,3)4/h10-12,16,21H,5-9,13-15,17-18H2,1-4H3,(H-,24,25,26,27)/p+1/t21-/m1/s1. The third-order valence-electron chi connectivity index (χ3n) is 4.32. The summed E-state index contributed by atoms with van der Waals surface area (Å²) >= 11 is 0. The van der Waals surface area contributed by atoms with E-state index in [4.69, 9.17) is 23.6 Å². The van der Waals surface area contributed by atoms with Gasteiger partial charge in [-0.25, -0.2) is 4.57 Å². The first-order chi connectivity index (χ1) is 15.0. The Morgan fingerprint density at radius 2 is 1.62 bits per heavy atom. The lowest BCUT2D eigenvalue weighted by Crippen LogP contribution is -2.42. The molecule has 32 heavy (non-hydrogen) atoms. The Balaban J connectivity index is 2.28. The Kier molecular flexibility index (Phi) is 12.9. The van der Waals surface area contributed by atoms with Crippen LogP contribution in [0.4, 0.5) is 0 Å². The lowest BCUT2D eigenvalue weighted by Gasteiger charge is -2.29. The number of aliphatic carboxylic acids is 1. The molecule has 2 N–H and O–H groups in total. The smallest absolute Gasteiger partial charge is 0.472 e. The molecular weight excluding hydrogens is 437 g/mol. The summed E-state index contributed by atoms with van der Waals surface area (Å²) in [5.74, 6) is 0.432. The molecule has 0 aliphatic rings. The summed E-state index contributed by atoms with van der Waals surface area (Å²) in [4.78, 5) is 20.9. The lowest BCUT2D eigenvalue weighted by atomic mass is 10.2. The van der Waals surface area contributed by atoms with Gasteiger partial charge < -0.3 is 24.0 Å². The molecular formula is C22H39NO8P+. The molecule has 1 aromatic rings. The number of nitrogens with zero attached hydrogens (tertiary/aromatic N) is 1.